The summed E-state index contributed by atoms with van der Waals surface area (Å²) in [7, 11) is 0. The normalized spacial score (nSPS) is 23.7. The molecule has 7 nitrogen and oxygen atoms in total. The van der Waals surface area contributed by atoms with Crippen LogP contribution in [0, 0.1) is 12.8 Å². The quantitative estimate of drug-likeness (QED) is 0.632. The van der Waals surface area contributed by atoms with Gasteiger partial charge in [-0.25, -0.2) is 0 Å². The molecule has 4 rings (SSSR count). The van der Waals surface area contributed by atoms with Crippen LogP contribution in [0.1, 0.15) is 69.9 Å². The third kappa shape index (κ3) is 6.18. The van der Waals surface area contributed by atoms with Gasteiger partial charge in [-0.15, -0.1) is 0 Å². The summed E-state index contributed by atoms with van der Waals surface area (Å²) in [5, 5.41) is 3.64. The Hall–Kier alpha value is -2.12. The van der Waals surface area contributed by atoms with Gasteiger partial charge in [-0.3, -0.25) is 19.3 Å². The van der Waals surface area contributed by atoms with Crippen molar-refractivity contribution in [3.05, 3.63) is 28.3 Å². The highest BCUT2D eigenvalue weighted by Crippen LogP contribution is 2.30. The minimum Gasteiger partial charge on any atom is -0.339 e. The average molecular weight is 503 g/mol. The van der Waals surface area contributed by atoms with Crippen LogP contribution in [0.3, 0.4) is 0 Å². The molecular weight excluding hydrogens is 464 g/mol. The van der Waals surface area contributed by atoms with Gasteiger partial charge in [0.15, 0.2) is 0 Å². The van der Waals surface area contributed by atoms with Crippen LogP contribution in [-0.2, 0) is 20.9 Å². The molecule has 1 N–H and O–H groups in total. The Morgan fingerprint density at radius 2 is 1.77 bits per heavy atom. The number of nitrogens with zero attached hydrogens (tertiary/aromatic N) is 3. The van der Waals surface area contributed by atoms with E-state index in [9.17, 15) is 14.4 Å². The lowest BCUT2D eigenvalue weighted by Crippen LogP contribution is -2.54. The summed E-state index contributed by atoms with van der Waals surface area (Å²) < 4.78 is 0. The van der Waals surface area contributed by atoms with Crippen LogP contribution in [0.4, 0.5) is 5.69 Å². The first-order valence-corrected chi connectivity index (χ1v) is 13.5. The largest absolute Gasteiger partial charge is 0.339 e. The Morgan fingerprint density at radius 3 is 2.46 bits per heavy atom. The summed E-state index contributed by atoms with van der Waals surface area (Å²) in [6.45, 7) is 9.60. The second-order valence-corrected chi connectivity index (χ2v) is 11.0. The fourth-order valence-electron chi connectivity index (χ4n) is 6.06. The maximum Gasteiger partial charge on any atom is 0.226 e. The first-order valence-electron chi connectivity index (χ1n) is 13.1. The van der Waals surface area contributed by atoms with Crippen molar-refractivity contribution in [2.75, 3.05) is 31.5 Å². The molecule has 3 amide bonds. The number of benzene rings is 1. The van der Waals surface area contributed by atoms with Crippen molar-refractivity contribution in [3.8, 4) is 0 Å². The van der Waals surface area contributed by atoms with Gasteiger partial charge in [0.25, 0.3) is 0 Å². The number of amides is 3. The van der Waals surface area contributed by atoms with E-state index in [0.717, 1.165) is 75.2 Å². The zero-order chi connectivity index (χ0) is 25.1. The van der Waals surface area contributed by atoms with Gasteiger partial charge in [-0.1, -0.05) is 24.4 Å². The van der Waals surface area contributed by atoms with Crippen LogP contribution in [0.15, 0.2) is 12.1 Å². The number of hydrogen-bond acceptors (Lipinski definition) is 4. The first kappa shape index (κ1) is 26.0. The predicted octanol–water partition coefficient (Wildman–Crippen LogP) is 4.21. The predicted molar refractivity (Wildman–Crippen MR) is 138 cm³/mol. The highest BCUT2D eigenvalue weighted by molar-refractivity contribution is 6.31. The second kappa shape index (κ2) is 11.3. The number of carbonyl (C=O) groups excluding carboxylic acids is 3. The molecule has 2 aliphatic heterocycles. The van der Waals surface area contributed by atoms with Crippen LogP contribution in [0.5, 0.6) is 0 Å². The number of carbonyl (C=O) groups is 3. The van der Waals surface area contributed by atoms with E-state index >= 15 is 0 Å². The number of nitrogens with one attached hydrogen (secondary N) is 1. The van der Waals surface area contributed by atoms with Crippen LogP contribution >= 0.6 is 11.6 Å². The van der Waals surface area contributed by atoms with Crippen LogP contribution in [0.2, 0.25) is 5.02 Å². The van der Waals surface area contributed by atoms with Crippen molar-refractivity contribution in [1.82, 2.24) is 14.7 Å². The van der Waals surface area contributed by atoms with Gasteiger partial charge in [0, 0.05) is 74.8 Å². The van der Waals surface area contributed by atoms with E-state index in [4.69, 9.17) is 11.6 Å². The van der Waals surface area contributed by atoms with Gasteiger partial charge in [0.05, 0.1) is 0 Å². The zero-order valence-corrected chi connectivity index (χ0v) is 22.1. The number of halogens is 1. The second-order valence-electron chi connectivity index (χ2n) is 10.6. The minimum atomic E-state index is -0.0906. The van der Waals surface area contributed by atoms with Gasteiger partial charge in [0.2, 0.25) is 17.7 Å². The van der Waals surface area contributed by atoms with Gasteiger partial charge >= 0.3 is 0 Å². The zero-order valence-electron chi connectivity index (χ0n) is 21.3. The molecule has 0 radical (unpaired) electrons. The Labute approximate surface area is 214 Å². The van der Waals surface area contributed by atoms with Crippen molar-refractivity contribution < 1.29 is 14.4 Å². The molecule has 3 fully saturated rings. The standard InChI is InChI=1S/C27H39ClN4O3/c1-18-16-30(11-12-31(18)27(35)21-7-4-5-8-21)17-22-13-23(28)14-25(19(22)2)29-26(34)15-24-9-6-10-32(24)20(3)33/h13-14,18,21,24H,4-12,15-17H2,1-3H3,(H,29,34)/t18-,24+/m0/s1. The molecule has 0 bridgehead atoms. The number of hydrogen-bond donors (Lipinski definition) is 1. The van der Waals surface area contributed by atoms with Crippen LogP contribution in [-0.4, -0.2) is 70.7 Å². The van der Waals surface area contributed by atoms with E-state index in [1.54, 1.807) is 17.9 Å². The van der Waals surface area contributed by atoms with E-state index < -0.39 is 0 Å². The number of likely N-dealkylation sites (tertiary alicyclic amines) is 1. The van der Waals surface area contributed by atoms with E-state index in [1.807, 2.05) is 13.0 Å². The van der Waals surface area contributed by atoms with E-state index in [0.29, 0.717) is 17.4 Å². The lowest BCUT2D eigenvalue weighted by atomic mass is 10.0. The molecule has 1 aliphatic carbocycles. The van der Waals surface area contributed by atoms with Crippen LogP contribution < -0.4 is 5.32 Å². The van der Waals surface area contributed by atoms with E-state index in [-0.39, 0.29) is 29.8 Å². The summed E-state index contributed by atoms with van der Waals surface area (Å²) in [6.07, 6.45) is 6.52. The molecule has 2 atom stereocenters. The molecule has 3 aliphatic rings. The van der Waals surface area contributed by atoms with Crippen molar-refractivity contribution in [2.45, 2.75) is 84.3 Å². The highest BCUT2D eigenvalue weighted by atomic mass is 35.5. The summed E-state index contributed by atoms with van der Waals surface area (Å²) in [5.41, 5.74) is 2.82. The van der Waals surface area contributed by atoms with Crippen molar-refractivity contribution in [2.24, 2.45) is 5.92 Å². The molecule has 2 saturated heterocycles. The Kier molecular flexibility index (Phi) is 8.38. The smallest absolute Gasteiger partial charge is 0.226 e. The fourth-order valence-corrected chi connectivity index (χ4v) is 6.30. The van der Waals surface area contributed by atoms with Crippen molar-refractivity contribution >= 4 is 35.0 Å². The molecule has 0 aromatic heterocycles. The fraction of sp³-hybridized carbons (Fsp3) is 0.667. The summed E-state index contributed by atoms with van der Waals surface area (Å²) in [5.74, 6) is 0.495. The highest BCUT2D eigenvalue weighted by Gasteiger charge is 2.33. The molecule has 0 spiro atoms. The maximum absolute atomic E-state index is 12.9. The summed E-state index contributed by atoms with van der Waals surface area (Å²) in [4.78, 5) is 43.8. The van der Waals surface area contributed by atoms with E-state index in [1.165, 1.54) is 12.8 Å². The molecule has 35 heavy (non-hydrogen) atoms. The molecule has 2 heterocycles. The van der Waals surface area contributed by atoms with Crippen molar-refractivity contribution in [1.29, 1.82) is 0 Å². The number of anilines is 1. The third-order valence-corrected chi connectivity index (χ3v) is 8.27. The Morgan fingerprint density at radius 1 is 1.03 bits per heavy atom. The van der Waals surface area contributed by atoms with Crippen LogP contribution in [0.25, 0.3) is 0 Å². The van der Waals surface area contributed by atoms with Crippen molar-refractivity contribution in [3.63, 3.8) is 0 Å². The topological polar surface area (TPSA) is 73.0 Å². The number of piperazine rings is 1. The SMILES string of the molecule is CC(=O)N1CCC[C@@H]1CC(=O)Nc1cc(Cl)cc(CN2CCN(C(=O)C3CCCC3)[C@@H](C)C2)c1C. The van der Waals surface area contributed by atoms with Gasteiger partial charge in [-0.2, -0.15) is 0 Å². The lowest BCUT2D eigenvalue weighted by molar-refractivity contribution is -0.140. The van der Waals surface area contributed by atoms with Gasteiger partial charge in [0.1, 0.15) is 0 Å². The third-order valence-electron chi connectivity index (χ3n) is 8.05. The summed E-state index contributed by atoms with van der Waals surface area (Å²) >= 11 is 6.45. The Bertz CT molecular complexity index is 962. The molecule has 1 saturated carbocycles. The molecule has 192 valence electrons. The first-order chi connectivity index (χ1) is 16.7. The minimum absolute atomic E-state index is 0.0285. The molecule has 1 aromatic carbocycles. The Balaban J connectivity index is 1.37. The van der Waals surface area contributed by atoms with Gasteiger partial charge < -0.3 is 15.1 Å². The molecular formula is C27H39ClN4O3. The molecule has 0 unspecified atom stereocenters. The van der Waals surface area contributed by atoms with E-state index in [2.05, 4.69) is 22.0 Å². The monoisotopic (exact) mass is 502 g/mol. The average Bonchev–Trinajstić information content (AvgIpc) is 3.49. The molecule has 8 heteroatoms. The summed E-state index contributed by atoms with van der Waals surface area (Å²) in [6, 6.07) is 3.93. The lowest BCUT2D eigenvalue weighted by Gasteiger charge is -2.41. The number of rotatable bonds is 6. The maximum atomic E-state index is 12.9. The molecule has 1 aromatic rings. The van der Waals surface area contributed by atoms with Gasteiger partial charge in [-0.05, 0) is 62.8 Å².